The van der Waals surface area contributed by atoms with Crippen molar-refractivity contribution in [2.24, 2.45) is 5.92 Å². The minimum Gasteiger partial charge on any atom is -0.481 e. The summed E-state index contributed by atoms with van der Waals surface area (Å²) in [4.78, 5) is 61.7. The molecule has 0 bridgehead atoms. The van der Waals surface area contributed by atoms with Gasteiger partial charge in [-0.05, 0) is 32.1 Å². The molecule has 1 saturated carbocycles. The number of hydrogen-bond donors (Lipinski definition) is 4. The van der Waals surface area contributed by atoms with Gasteiger partial charge in [-0.15, -0.1) is 0 Å². The molecule has 1 aliphatic carbocycles. The van der Waals surface area contributed by atoms with Crippen LogP contribution in [0.15, 0.2) is 11.0 Å². The van der Waals surface area contributed by atoms with Gasteiger partial charge >= 0.3 is 18.1 Å². The Balaban J connectivity index is 1.70. The van der Waals surface area contributed by atoms with Crippen molar-refractivity contribution in [3.8, 4) is 0 Å². The predicted octanol–water partition coefficient (Wildman–Crippen LogP) is 0.726. The molecule has 35 heavy (non-hydrogen) atoms. The molecule has 2 aromatic rings. The Morgan fingerprint density at radius 2 is 1.89 bits per heavy atom. The zero-order valence-corrected chi connectivity index (χ0v) is 18.5. The van der Waals surface area contributed by atoms with Crippen LogP contribution in [-0.4, -0.2) is 66.5 Å². The van der Waals surface area contributed by atoms with Gasteiger partial charge in [0, 0.05) is 24.9 Å². The molecule has 5 N–H and O–H groups in total. The summed E-state index contributed by atoms with van der Waals surface area (Å²) in [6, 6.07) is -0.805. The molecule has 0 radical (unpaired) electrons. The first-order valence-electron chi connectivity index (χ1n) is 10.8. The number of carboxylic acids is 1. The van der Waals surface area contributed by atoms with E-state index in [4.69, 9.17) is 10.8 Å². The Morgan fingerprint density at radius 1 is 1.20 bits per heavy atom. The fourth-order valence-corrected chi connectivity index (χ4v) is 4.00. The van der Waals surface area contributed by atoms with Crippen molar-refractivity contribution in [3.63, 3.8) is 0 Å². The van der Waals surface area contributed by atoms with Crippen LogP contribution in [0.2, 0.25) is 0 Å². The van der Waals surface area contributed by atoms with Gasteiger partial charge in [-0.3, -0.25) is 24.2 Å². The fraction of sp³-hybridized carbons (Fsp3) is 0.550. The average molecular weight is 499 g/mol. The van der Waals surface area contributed by atoms with E-state index in [9.17, 15) is 32.3 Å². The number of carboxylic acid groups (broad SMARTS) is 1. The Bertz CT molecular complexity index is 1160. The number of hydrogen-bond acceptors (Lipinski definition) is 8. The number of fused-ring (bicyclic) bond motifs is 1. The number of nitrogen functional groups attached to an aromatic ring is 1. The molecule has 1 aliphatic rings. The van der Waals surface area contributed by atoms with Crippen LogP contribution in [0.1, 0.15) is 44.2 Å². The van der Waals surface area contributed by atoms with Crippen molar-refractivity contribution >= 4 is 34.9 Å². The second-order valence-corrected chi connectivity index (χ2v) is 8.21. The van der Waals surface area contributed by atoms with Gasteiger partial charge in [-0.1, -0.05) is 0 Å². The average Bonchev–Trinajstić information content (AvgIpc) is 2.79. The number of nitrogens with zero attached hydrogens (tertiary/aromatic N) is 4. The van der Waals surface area contributed by atoms with Gasteiger partial charge in [0.2, 0.25) is 11.9 Å². The fourth-order valence-electron chi connectivity index (χ4n) is 4.00. The molecule has 15 heteroatoms. The van der Waals surface area contributed by atoms with E-state index in [1.165, 1.54) is 0 Å². The Kier molecular flexibility index (Phi) is 7.86. The van der Waals surface area contributed by atoms with E-state index in [0.717, 1.165) is 6.20 Å². The van der Waals surface area contributed by atoms with Gasteiger partial charge in [0.1, 0.15) is 0 Å². The molecule has 2 amide bonds. The normalized spacial score (nSPS) is 18.3. The summed E-state index contributed by atoms with van der Waals surface area (Å²) in [6.45, 7) is -0.355. The highest BCUT2D eigenvalue weighted by Gasteiger charge is 2.45. The molecule has 0 atom stereocenters. The number of carbonyl (C=O) groups is 3. The van der Waals surface area contributed by atoms with Crippen molar-refractivity contribution in [1.82, 2.24) is 30.2 Å². The largest absolute Gasteiger partial charge is 0.481 e. The Labute approximate surface area is 196 Å². The number of halogens is 3. The van der Waals surface area contributed by atoms with Gasteiger partial charge < -0.3 is 21.1 Å². The van der Waals surface area contributed by atoms with Gasteiger partial charge in [0.15, 0.2) is 11.2 Å². The minimum absolute atomic E-state index is 0.0366. The molecule has 0 aliphatic heterocycles. The van der Waals surface area contributed by atoms with E-state index >= 15 is 0 Å². The van der Waals surface area contributed by atoms with Gasteiger partial charge in [0.25, 0.3) is 5.56 Å². The molecular weight excluding hydrogens is 475 g/mol. The summed E-state index contributed by atoms with van der Waals surface area (Å²) in [5, 5.41) is 11.3. The van der Waals surface area contributed by atoms with Crippen LogP contribution < -0.4 is 16.6 Å². The number of rotatable bonds is 8. The minimum atomic E-state index is -5.13. The molecule has 0 spiro atoms. The molecule has 3 rings (SSSR count). The Morgan fingerprint density at radius 3 is 2.51 bits per heavy atom. The quantitative estimate of drug-likeness (QED) is 0.380. The van der Waals surface area contributed by atoms with E-state index in [0.29, 0.717) is 4.90 Å². The number of H-pyrrole nitrogens is 1. The van der Waals surface area contributed by atoms with Gasteiger partial charge in [0.05, 0.1) is 18.4 Å². The van der Waals surface area contributed by atoms with Crippen LogP contribution in [0.3, 0.4) is 0 Å². The summed E-state index contributed by atoms with van der Waals surface area (Å²) in [5.74, 6) is -3.97. The first-order chi connectivity index (χ1) is 16.5. The summed E-state index contributed by atoms with van der Waals surface area (Å²) in [7, 11) is 0. The summed E-state index contributed by atoms with van der Waals surface area (Å²) in [5.41, 5.74) is 4.38. The number of nitrogens with two attached hydrogens (primary N) is 1. The predicted molar refractivity (Wildman–Crippen MR) is 115 cm³/mol. The van der Waals surface area contributed by atoms with Crippen molar-refractivity contribution in [3.05, 3.63) is 22.2 Å². The standard InChI is InChI=1S/C20H24F3N7O5/c21-20(22,23)18(35)30(9-11-8-26-15-14(27-11)17(34)29-19(24)28-15)12-5-3-10(4-6-12)16(33)25-7-1-2-13(31)32/h8,10,12H,1-7,9H2,(H,25,33)(H,31,32)(H3,24,26,28,29,34). The van der Waals surface area contributed by atoms with E-state index < -0.39 is 42.1 Å². The van der Waals surface area contributed by atoms with Crippen LogP contribution in [0.5, 0.6) is 0 Å². The highest BCUT2D eigenvalue weighted by molar-refractivity contribution is 5.82. The van der Waals surface area contributed by atoms with Crippen LogP contribution in [0.25, 0.3) is 11.2 Å². The number of anilines is 1. The van der Waals surface area contributed by atoms with Gasteiger partial charge in [-0.25, -0.2) is 9.97 Å². The lowest BCUT2D eigenvalue weighted by atomic mass is 9.84. The molecule has 0 aromatic carbocycles. The van der Waals surface area contributed by atoms with Crippen LogP contribution in [-0.2, 0) is 20.9 Å². The highest BCUT2D eigenvalue weighted by atomic mass is 19.4. The van der Waals surface area contributed by atoms with E-state index in [1.807, 2.05) is 0 Å². The highest BCUT2D eigenvalue weighted by Crippen LogP contribution is 2.31. The van der Waals surface area contributed by atoms with E-state index in [1.54, 1.807) is 0 Å². The maximum Gasteiger partial charge on any atom is 0.471 e. The molecule has 2 heterocycles. The summed E-state index contributed by atoms with van der Waals surface area (Å²) >= 11 is 0. The number of amides is 2. The number of nitrogens with one attached hydrogen (secondary N) is 2. The molecule has 1 fully saturated rings. The number of aromatic nitrogens is 4. The third-order valence-electron chi connectivity index (χ3n) is 5.70. The molecule has 0 saturated heterocycles. The summed E-state index contributed by atoms with van der Waals surface area (Å²) < 4.78 is 40.0. The second-order valence-electron chi connectivity index (χ2n) is 8.21. The number of carbonyl (C=O) groups excluding carboxylic acids is 2. The first-order valence-corrected chi connectivity index (χ1v) is 10.8. The molecule has 2 aromatic heterocycles. The molecule has 190 valence electrons. The lowest BCUT2D eigenvalue weighted by Gasteiger charge is -2.36. The van der Waals surface area contributed by atoms with Crippen LogP contribution in [0.4, 0.5) is 19.1 Å². The van der Waals surface area contributed by atoms with E-state index in [2.05, 4.69) is 25.3 Å². The van der Waals surface area contributed by atoms with Crippen molar-refractivity contribution in [2.75, 3.05) is 12.3 Å². The van der Waals surface area contributed by atoms with Crippen LogP contribution >= 0.6 is 0 Å². The lowest BCUT2D eigenvalue weighted by molar-refractivity contribution is -0.189. The maximum atomic E-state index is 13.3. The van der Waals surface area contributed by atoms with Crippen molar-refractivity contribution in [1.29, 1.82) is 0 Å². The number of aromatic amines is 1. The number of alkyl halides is 3. The monoisotopic (exact) mass is 499 g/mol. The molecular formula is C20H24F3N7O5. The van der Waals surface area contributed by atoms with Crippen molar-refractivity contribution < 1.29 is 32.7 Å². The van der Waals surface area contributed by atoms with E-state index in [-0.39, 0.29) is 73.8 Å². The molecule has 12 nitrogen and oxygen atoms in total. The third kappa shape index (κ3) is 6.64. The second kappa shape index (κ2) is 10.7. The Hall–Kier alpha value is -3.78. The van der Waals surface area contributed by atoms with Crippen molar-refractivity contribution in [2.45, 2.75) is 57.3 Å². The third-order valence-corrected chi connectivity index (χ3v) is 5.70. The number of aliphatic carboxylic acids is 1. The van der Waals surface area contributed by atoms with Gasteiger partial charge in [-0.2, -0.15) is 18.2 Å². The first kappa shape index (κ1) is 25.8. The topological polar surface area (TPSA) is 184 Å². The summed E-state index contributed by atoms with van der Waals surface area (Å²) in [6.07, 6.45) is -3.02. The SMILES string of the molecule is Nc1nc2ncc(CN(C(=O)C(F)(F)F)C3CCC(C(=O)NCCCC(=O)O)CC3)nc2c(=O)[nH]1. The zero-order chi connectivity index (χ0) is 25.8. The smallest absolute Gasteiger partial charge is 0.471 e. The van der Waals surface area contributed by atoms with Crippen LogP contribution in [0, 0.1) is 5.92 Å². The lowest BCUT2D eigenvalue weighted by Crippen LogP contribution is -2.48. The maximum absolute atomic E-state index is 13.3. The zero-order valence-electron chi connectivity index (χ0n) is 18.5. The molecule has 0 unspecified atom stereocenters.